The second-order valence-corrected chi connectivity index (χ2v) is 3.71. The number of nitrogens with zero attached hydrogens (tertiary/aromatic N) is 1. The highest BCUT2D eigenvalue weighted by Crippen LogP contribution is 2.27. The van der Waals surface area contributed by atoms with Crippen molar-refractivity contribution < 1.29 is 18.7 Å². The molecule has 2 atom stereocenters. The number of hydrogen-bond acceptors (Lipinski definition) is 3. The number of rotatable bonds is 2. The van der Waals surface area contributed by atoms with Crippen molar-refractivity contribution in [2.45, 2.75) is 24.9 Å². The normalized spacial score (nSPS) is 24.6. The zero-order valence-corrected chi connectivity index (χ0v) is 8.28. The Hall–Kier alpha value is -1.56. The third-order valence-corrected chi connectivity index (χ3v) is 2.61. The van der Waals surface area contributed by atoms with Gasteiger partial charge in [-0.1, -0.05) is 0 Å². The van der Waals surface area contributed by atoms with E-state index < -0.39 is 29.7 Å². The van der Waals surface area contributed by atoms with E-state index in [-0.39, 0.29) is 5.69 Å². The van der Waals surface area contributed by atoms with Gasteiger partial charge in [-0.05, 0) is 12.8 Å². The van der Waals surface area contributed by atoms with Crippen LogP contribution in [-0.2, 0) is 4.79 Å². The fraction of sp³-hybridized carbons (Fsp3) is 0.400. The smallest absolute Gasteiger partial charge is 0.320 e. The van der Waals surface area contributed by atoms with Gasteiger partial charge in [-0.15, -0.1) is 0 Å². The van der Waals surface area contributed by atoms with Gasteiger partial charge in [0, 0.05) is 6.07 Å². The van der Waals surface area contributed by atoms with Gasteiger partial charge in [0.15, 0.2) is 0 Å². The maximum Gasteiger partial charge on any atom is 0.320 e. The van der Waals surface area contributed by atoms with Gasteiger partial charge in [0.25, 0.3) is 0 Å². The molecule has 16 heavy (non-hydrogen) atoms. The van der Waals surface area contributed by atoms with Crippen molar-refractivity contribution in [1.82, 2.24) is 10.3 Å². The minimum Gasteiger partial charge on any atom is -0.480 e. The second kappa shape index (κ2) is 4.13. The summed E-state index contributed by atoms with van der Waals surface area (Å²) in [6, 6.07) is -0.393. The highest BCUT2D eigenvalue weighted by molar-refractivity contribution is 5.73. The maximum absolute atomic E-state index is 13.3. The van der Waals surface area contributed by atoms with Gasteiger partial charge in [-0.3, -0.25) is 15.1 Å². The van der Waals surface area contributed by atoms with E-state index in [0.717, 1.165) is 12.3 Å². The molecule has 0 aromatic carbocycles. The van der Waals surface area contributed by atoms with Gasteiger partial charge >= 0.3 is 5.97 Å². The maximum atomic E-state index is 13.3. The van der Waals surface area contributed by atoms with Crippen molar-refractivity contribution in [3.63, 3.8) is 0 Å². The van der Waals surface area contributed by atoms with Gasteiger partial charge in [0.2, 0.25) is 0 Å². The van der Waals surface area contributed by atoms with Crippen molar-refractivity contribution >= 4 is 5.97 Å². The van der Waals surface area contributed by atoms with Crippen LogP contribution in [0.5, 0.6) is 0 Å². The molecule has 0 spiro atoms. The number of halogens is 2. The van der Waals surface area contributed by atoms with Crippen LogP contribution in [-0.4, -0.2) is 22.1 Å². The van der Waals surface area contributed by atoms with Gasteiger partial charge in [-0.2, -0.15) is 0 Å². The number of pyridine rings is 1. The Labute approximate surface area is 90.3 Å². The Morgan fingerprint density at radius 3 is 2.81 bits per heavy atom. The molecule has 0 aliphatic carbocycles. The second-order valence-electron chi connectivity index (χ2n) is 3.71. The van der Waals surface area contributed by atoms with Crippen LogP contribution < -0.4 is 5.32 Å². The van der Waals surface area contributed by atoms with Gasteiger partial charge in [0.1, 0.15) is 17.7 Å². The summed E-state index contributed by atoms with van der Waals surface area (Å²) in [5.41, 5.74) is 0.0742. The van der Waals surface area contributed by atoms with E-state index in [4.69, 9.17) is 5.11 Å². The molecule has 1 aliphatic heterocycles. The van der Waals surface area contributed by atoms with Crippen molar-refractivity contribution in [2.24, 2.45) is 0 Å². The largest absolute Gasteiger partial charge is 0.480 e. The number of aliphatic carboxylic acids is 1. The Morgan fingerprint density at radius 2 is 2.25 bits per heavy atom. The lowest BCUT2D eigenvalue weighted by Crippen LogP contribution is -2.32. The first-order valence-electron chi connectivity index (χ1n) is 4.87. The lowest BCUT2D eigenvalue weighted by Gasteiger charge is -2.11. The molecule has 0 radical (unpaired) electrons. The van der Waals surface area contributed by atoms with E-state index in [0.29, 0.717) is 12.8 Å². The van der Waals surface area contributed by atoms with Crippen LogP contribution in [0.15, 0.2) is 12.3 Å². The van der Waals surface area contributed by atoms with Crippen LogP contribution in [0.4, 0.5) is 8.78 Å². The number of aromatic nitrogens is 1. The molecular weight excluding hydrogens is 218 g/mol. The molecule has 2 N–H and O–H groups in total. The van der Waals surface area contributed by atoms with Gasteiger partial charge < -0.3 is 5.11 Å². The Bertz CT molecular complexity index is 425. The number of carbonyl (C=O) groups is 1. The summed E-state index contributed by atoms with van der Waals surface area (Å²) >= 11 is 0. The minimum atomic E-state index is -0.968. The Balaban J connectivity index is 2.17. The van der Waals surface area contributed by atoms with Crippen LogP contribution >= 0.6 is 0 Å². The van der Waals surface area contributed by atoms with Gasteiger partial charge in [0.05, 0.1) is 17.9 Å². The monoisotopic (exact) mass is 228 g/mol. The number of carboxylic acids is 1. The highest BCUT2D eigenvalue weighted by atomic mass is 19.1. The fourth-order valence-electron chi connectivity index (χ4n) is 1.83. The van der Waals surface area contributed by atoms with E-state index in [9.17, 15) is 13.6 Å². The molecule has 2 unspecified atom stereocenters. The minimum absolute atomic E-state index is 0.0742. The third-order valence-electron chi connectivity index (χ3n) is 2.61. The predicted octanol–water partition coefficient (Wildman–Crippen LogP) is 1.24. The molecule has 6 heteroatoms. The topological polar surface area (TPSA) is 62.2 Å². The van der Waals surface area contributed by atoms with Crippen molar-refractivity contribution in [2.75, 3.05) is 0 Å². The molecule has 0 saturated carbocycles. The molecule has 4 nitrogen and oxygen atoms in total. The molecular formula is C10H10F2N2O2. The van der Waals surface area contributed by atoms with Crippen LogP contribution in [0, 0.1) is 11.6 Å². The molecule has 86 valence electrons. The summed E-state index contributed by atoms with van der Waals surface area (Å²) in [5.74, 6) is -2.46. The van der Waals surface area contributed by atoms with E-state index in [1.807, 2.05) is 0 Å². The summed E-state index contributed by atoms with van der Waals surface area (Å²) in [5, 5.41) is 11.5. The number of carboxylic acid groups (broad SMARTS) is 1. The summed E-state index contributed by atoms with van der Waals surface area (Å²) < 4.78 is 26.0. The zero-order chi connectivity index (χ0) is 11.7. The summed E-state index contributed by atoms with van der Waals surface area (Å²) in [6.45, 7) is 0. The first-order valence-corrected chi connectivity index (χ1v) is 4.87. The number of hydrogen-bond donors (Lipinski definition) is 2. The summed E-state index contributed by atoms with van der Waals surface area (Å²) in [6.07, 6.45) is 1.82. The lowest BCUT2D eigenvalue weighted by molar-refractivity contribution is -0.139. The first kappa shape index (κ1) is 10.9. The molecule has 1 aromatic rings. The van der Waals surface area contributed by atoms with Crippen molar-refractivity contribution in [1.29, 1.82) is 0 Å². The molecule has 1 fully saturated rings. The predicted molar refractivity (Wildman–Crippen MR) is 50.7 cm³/mol. The van der Waals surface area contributed by atoms with Crippen molar-refractivity contribution in [3.05, 3.63) is 29.6 Å². The van der Waals surface area contributed by atoms with E-state index in [1.165, 1.54) is 0 Å². The average Bonchev–Trinajstić information content (AvgIpc) is 2.66. The summed E-state index contributed by atoms with van der Waals surface area (Å²) in [7, 11) is 0. The number of nitrogens with one attached hydrogen (secondary N) is 1. The van der Waals surface area contributed by atoms with Crippen LogP contribution in [0.2, 0.25) is 0 Å². The Morgan fingerprint density at radius 1 is 1.50 bits per heavy atom. The third kappa shape index (κ3) is 2.01. The molecule has 2 rings (SSSR count). The fourth-order valence-corrected chi connectivity index (χ4v) is 1.83. The van der Waals surface area contributed by atoms with Crippen molar-refractivity contribution in [3.8, 4) is 0 Å². The lowest BCUT2D eigenvalue weighted by atomic mass is 10.1. The quantitative estimate of drug-likeness (QED) is 0.799. The molecule has 0 bridgehead atoms. The Kier molecular flexibility index (Phi) is 2.82. The van der Waals surface area contributed by atoms with E-state index in [2.05, 4.69) is 10.3 Å². The van der Waals surface area contributed by atoms with Crippen LogP contribution in [0.25, 0.3) is 0 Å². The molecule has 1 aliphatic rings. The zero-order valence-electron chi connectivity index (χ0n) is 8.28. The average molecular weight is 228 g/mol. The van der Waals surface area contributed by atoms with E-state index >= 15 is 0 Å². The van der Waals surface area contributed by atoms with Crippen LogP contribution in [0.1, 0.15) is 24.6 Å². The molecule has 1 saturated heterocycles. The van der Waals surface area contributed by atoms with E-state index in [1.54, 1.807) is 0 Å². The van der Waals surface area contributed by atoms with Gasteiger partial charge in [-0.25, -0.2) is 8.78 Å². The highest BCUT2D eigenvalue weighted by Gasteiger charge is 2.31. The first-order chi connectivity index (χ1) is 7.58. The molecule has 2 heterocycles. The molecule has 1 aromatic heterocycles. The van der Waals surface area contributed by atoms with Crippen LogP contribution in [0.3, 0.4) is 0 Å². The molecule has 0 amide bonds. The summed E-state index contributed by atoms with van der Waals surface area (Å²) in [4.78, 5) is 14.3. The standard InChI is InChI=1S/C10H10F2N2O2/c11-5-3-6(12)9(13-4-5)7-1-2-8(14-7)10(15)16/h3-4,7-8,14H,1-2H2,(H,15,16). The SMILES string of the molecule is O=C(O)C1CCC(c2ncc(F)cc2F)N1.